The highest BCUT2D eigenvalue weighted by molar-refractivity contribution is 4.58. The van der Waals surface area contributed by atoms with Crippen molar-refractivity contribution in [2.75, 3.05) is 6.54 Å². The number of rotatable bonds is 14. The van der Waals surface area contributed by atoms with Gasteiger partial charge < -0.3 is 4.85 Å². The first-order chi connectivity index (χ1) is 8.91. The van der Waals surface area contributed by atoms with E-state index in [1.807, 2.05) is 0 Å². The smallest absolute Gasteiger partial charge is 0.214 e. The molecule has 18 heavy (non-hydrogen) atoms. The molecular formula is C17H33N. The third kappa shape index (κ3) is 15.5. The third-order valence-electron chi connectivity index (χ3n) is 3.62. The monoisotopic (exact) mass is 251 g/mol. The summed E-state index contributed by atoms with van der Waals surface area (Å²) in [6.07, 6.45) is 19.4. The molecule has 0 N–H and O–H groups in total. The van der Waals surface area contributed by atoms with E-state index in [0.29, 0.717) is 0 Å². The van der Waals surface area contributed by atoms with E-state index >= 15 is 0 Å². The molecule has 0 aromatic rings. The molecule has 0 radical (unpaired) electrons. The fraction of sp³-hybridized carbons (Fsp3) is 0.941. The standard InChI is InChI=1S/C17H33N/c1-3-4-5-6-7-8-9-10-11-12-13-14-15-16-17-18-2/h3-17H2,1H3. The van der Waals surface area contributed by atoms with Crippen LogP contribution in [0.1, 0.15) is 96.8 Å². The van der Waals surface area contributed by atoms with Crippen molar-refractivity contribution in [2.24, 2.45) is 0 Å². The Morgan fingerprint density at radius 2 is 0.889 bits per heavy atom. The normalized spacial score (nSPS) is 10.4. The zero-order valence-electron chi connectivity index (χ0n) is 12.6. The number of hydrogen-bond acceptors (Lipinski definition) is 0. The van der Waals surface area contributed by atoms with Gasteiger partial charge in [-0.3, -0.25) is 0 Å². The van der Waals surface area contributed by atoms with E-state index in [0.717, 1.165) is 13.0 Å². The van der Waals surface area contributed by atoms with Crippen molar-refractivity contribution in [3.05, 3.63) is 11.4 Å². The summed E-state index contributed by atoms with van der Waals surface area (Å²) < 4.78 is 0. The molecule has 0 amide bonds. The topological polar surface area (TPSA) is 4.36 Å². The number of hydrogen-bond donors (Lipinski definition) is 0. The molecule has 0 aromatic heterocycles. The Bertz CT molecular complexity index is 181. The molecule has 0 saturated heterocycles. The van der Waals surface area contributed by atoms with E-state index in [1.54, 1.807) is 0 Å². The second-order valence-electron chi connectivity index (χ2n) is 5.48. The number of nitrogens with zero attached hydrogens (tertiary/aromatic N) is 1. The molecule has 0 saturated carbocycles. The van der Waals surface area contributed by atoms with Gasteiger partial charge in [0.25, 0.3) is 0 Å². The second kappa shape index (κ2) is 16.5. The minimum atomic E-state index is 0.734. The van der Waals surface area contributed by atoms with Crippen molar-refractivity contribution < 1.29 is 0 Å². The third-order valence-corrected chi connectivity index (χ3v) is 3.62. The van der Waals surface area contributed by atoms with E-state index in [-0.39, 0.29) is 0 Å². The molecule has 1 nitrogen and oxygen atoms in total. The van der Waals surface area contributed by atoms with Crippen LogP contribution >= 0.6 is 0 Å². The molecule has 1 heteroatoms. The Labute approximate surface area is 115 Å². The Morgan fingerprint density at radius 3 is 1.22 bits per heavy atom. The SMILES string of the molecule is [C-]#[N+]CCCCCCCCCCCCCCCC. The average Bonchev–Trinajstić information content (AvgIpc) is 2.39. The van der Waals surface area contributed by atoms with Gasteiger partial charge in [0, 0.05) is 6.42 Å². The van der Waals surface area contributed by atoms with E-state index in [4.69, 9.17) is 6.57 Å². The highest BCUT2D eigenvalue weighted by atomic mass is 14.6. The van der Waals surface area contributed by atoms with Crippen LogP contribution in [-0.2, 0) is 0 Å². The van der Waals surface area contributed by atoms with Crippen LogP contribution in [0.2, 0.25) is 0 Å². The first-order valence-electron chi connectivity index (χ1n) is 8.25. The summed E-state index contributed by atoms with van der Waals surface area (Å²) in [5.41, 5.74) is 0. The molecule has 0 aromatic carbocycles. The summed E-state index contributed by atoms with van der Waals surface area (Å²) in [4.78, 5) is 3.38. The van der Waals surface area contributed by atoms with E-state index in [1.165, 1.54) is 83.5 Å². The van der Waals surface area contributed by atoms with Crippen LogP contribution < -0.4 is 0 Å². The largest absolute Gasteiger partial charge is 0.317 e. The van der Waals surface area contributed by atoms with Gasteiger partial charge in [-0.2, -0.15) is 0 Å². The van der Waals surface area contributed by atoms with Gasteiger partial charge in [0.05, 0.1) is 0 Å². The fourth-order valence-corrected chi connectivity index (χ4v) is 2.39. The maximum absolute atomic E-state index is 6.69. The molecule has 0 aliphatic rings. The Hall–Kier alpha value is -0.510. The molecule has 0 atom stereocenters. The van der Waals surface area contributed by atoms with Gasteiger partial charge in [-0.1, -0.05) is 84.0 Å². The van der Waals surface area contributed by atoms with Gasteiger partial charge in [-0.05, 0) is 6.42 Å². The summed E-state index contributed by atoms with van der Waals surface area (Å²) >= 11 is 0. The van der Waals surface area contributed by atoms with Gasteiger partial charge in [-0.15, -0.1) is 0 Å². The van der Waals surface area contributed by atoms with Crippen LogP contribution in [0, 0.1) is 6.57 Å². The maximum Gasteiger partial charge on any atom is 0.214 e. The quantitative estimate of drug-likeness (QED) is 0.249. The van der Waals surface area contributed by atoms with Gasteiger partial charge >= 0.3 is 0 Å². The predicted molar refractivity (Wildman–Crippen MR) is 81.8 cm³/mol. The first-order valence-corrected chi connectivity index (χ1v) is 8.25. The van der Waals surface area contributed by atoms with Gasteiger partial charge in [0.15, 0.2) is 0 Å². The lowest BCUT2D eigenvalue weighted by molar-refractivity contribution is 0.537. The molecular weight excluding hydrogens is 218 g/mol. The van der Waals surface area contributed by atoms with Crippen LogP contribution in [0.4, 0.5) is 0 Å². The first kappa shape index (κ1) is 17.5. The van der Waals surface area contributed by atoms with Crippen molar-refractivity contribution in [2.45, 2.75) is 96.8 Å². The Morgan fingerprint density at radius 1 is 0.556 bits per heavy atom. The molecule has 0 heterocycles. The van der Waals surface area contributed by atoms with Crippen LogP contribution in [0.3, 0.4) is 0 Å². The molecule has 0 aliphatic carbocycles. The fourth-order valence-electron chi connectivity index (χ4n) is 2.39. The number of unbranched alkanes of at least 4 members (excludes halogenated alkanes) is 13. The van der Waals surface area contributed by atoms with Crippen molar-refractivity contribution in [3.63, 3.8) is 0 Å². The summed E-state index contributed by atoms with van der Waals surface area (Å²) in [5, 5.41) is 0. The van der Waals surface area contributed by atoms with Crippen molar-refractivity contribution in [1.29, 1.82) is 0 Å². The predicted octanol–water partition coefficient (Wildman–Crippen LogP) is 6.39. The van der Waals surface area contributed by atoms with Gasteiger partial charge in [-0.25, -0.2) is 6.57 Å². The van der Waals surface area contributed by atoms with Crippen LogP contribution in [-0.4, -0.2) is 6.54 Å². The van der Waals surface area contributed by atoms with Gasteiger partial charge in [0.1, 0.15) is 0 Å². The van der Waals surface area contributed by atoms with Crippen molar-refractivity contribution >= 4 is 0 Å². The highest BCUT2D eigenvalue weighted by Gasteiger charge is 1.94. The second-order valence-corrected chi connectivity index (χ2v) is 5.48. The minimum absolute atomic E-state index is 0.734. The molecule has 0 fully saturated rings. The molecule has 0 spiro atoms. The Balaban J connectivity index is 2.89. The zero-order valence-corrected chi connectivity index (χ0v) is 12.6. The van der Waals surface area contributed by atoms with E-state index in [2.05, 4.69) is 11.8 Å². The van der Waals surface area contributed by atoms with Crippen LogP contribution in [0.5, 0.6) is 0 Å². The average molecular weight is 251 g/mol. The highest BCUT2D eigenvalue weighted by Crippen LogP contribution is 2.12. The van der Waals surface area contributed by atoms with Crippen molar-refractivity contribution in [3.8, 4) is 0 Å². The lowest BCUT2D eigenvalue weighted by Crippen LogP contribution is -1.83. The maximum atomic E-state index is 6.69. The lowest BCUT2D eigenvalue weighted by Gasteiger charge is -2.02. The summed E-state index contributed by atoms with van der Waals surface area (Å²) in [7, 11) is 0. The molecule has 0 aliphatic heterocycles. The summed E-state index contributed by atoms with van der Waals surface area (Å²) in [5.74, 6) is 0. The van der Waals surface area contributed by atoms with Crippen molar-refractivity contribution in [1.82, 2.24) is 0 Å². The molecule has 0 unspecified atom stereocenters. The van der Waals surface area contributed by atoms with E-state index < -0.39 is 0 Å². The summed E-state index contributed by atoms with van der Waals surface area (Å²) in [6.45, 7) is 9.71. The molecule has 106 valence electrons. The van der Waals surface area contributed by atoms with E-state index in [9.17, 15) is 0 Å². The lowest BCUT2D eigenvalue weighted by atomic mass is 10.0. The van der Waals surface area contributed by atoms with Crippen LogP contribution in [0.15, 0.2) is 0 Å². The zero-order chi connectivity index (χ0) is 13.3. The van der Waals surface area contributed by atoms with Crippen LogP contribution in [0.25, 0.3) is 4.85 Å². The molecule has 0 bridgehead atoms. The minimum Gasteiger partial charge on any atom is -0.317 e. The molecule has 0 rings (SSSR count). The Kier molecular flexibility index (Phi) is 16.0. The summed E-state index contributed by atoms with van der Waals surface area (Å²) in [6, 6.07) is 0. The van der Waals surface area contributed by atoms with Gasteiger partial charge in [0.2, 0.25) is 6.54 Å².